The SMILES string of the molecule is O=S(=O)(NCCCCn1ccnc1)c1ccccc1F. The number of hydrogen-bond donors (Lipinski definition) is 1. The summed E-state index contributed by atoms with van der Waals surface area (Å²) >= 11 is 0. The van der Waals surface area contributed by atoms with Crippen LogP contribution in [0.25, 0.3) is 0 Å². The van der Waals surface area contributed by atoms with Crippen LogP contribution in [0.4, 0.5) is 4.39 Å². The second kappa shape index (κ2) is 6.62. The Balaban J connectivity index is 1.80. The molecule has 0 saturated carbocycles. The first-order chi connectivity index (χ1) is 9.59. The Hall–Kier alpha value is -1.73. The standard InChI is InChI=1S/C13H16FN3O2S/c14-12-5-1-2-6-13(12)20(18,19)16-7-3-4-9-17-10-8-15-11-17/h1-2,5-6,8,10-11,16H,3-4,7,9H2. The first-order valence-electron chi connectivity index (χ1n) is 6.29. The highest BCUT2D eigenvalue weighted by atomic mass is 32.2. The van der Waals surface area contributed by atoms with Gasteiger partial charge in [0.2, 0.25) is 10.0 Å². The van der Waals surface area contributed by atoms with Crippen molar-refractivity contribution in [2.24, 2.45) is 0 Å². The molecule has 7 heteroatoms. The van der Waals surface area contributed by atoms with Crippen LogP contribution in [-0.2, 0) is 16.6 Å². The van der Waals surface area contributed by atoms with Crippen molar-refractivity contribution in [1.82, 2.24) is 14.3 Å². The van der Waals surface area contributed by atoms with E-state index >= 15 is 0 Å². The minimum absolute atomic E-state index is 0.283. The highest BCUT2D eigenvalue weighted by molar-refractivity contribution is 7.89. The number of rotatable bonds is 7. The van der Waals surface area contributed by atoms with Gasteiger partial charge in [0.15, 0.2) is 0 Å². The molecule has 0 bridgehead atoms. The van der Waals surface area contributed by atoms with Crippen LogP contribution in [0.3, 0.4) is 0 Å². The Morgan fingerprint density at radius 3 is 2.75 bits per heavy atom. The zero-order valence-electron chi connectivity index (χ0n) is 10.9. The minimum Gasteiger partial charge on any atom is -0.337 e. The van der Waals surface area contributed by atoms with Gasteiger partial charge in [-0.05, 0) is 25.0 Å². The van der Waals surface area contributed by atoms with Gasteiger partial charge in [0.05, 0.1) is 6.33 Å². The molecule has 1 N–H and O–H groups in total. The van der Waals surface area contributed by atoms with Crippen molar-refractivity contribution in [2.45, 2.75) is 24.3 Å². The zero-order chi connectivity index (χ0) is 14.4. The summed E-state index contributed by atoms with van der Waals surface area (Å²) in [5.74, 6) is -0.738. The van der Waals surface area contributed by atoms with Gasteiger partial charge in [-0.3, -0.25) is 0 Å². The van der Waals surface area contributed by atoms with E-state index in [1.807, 2.05) is 10.8 Å². The lowest BCUT2D eigenvalue weighted by Gasteiger charge is -2.07. The Labute approximate surface area is 117 Å². The van der Waals surface area contributed by atoms with Gasteiger partial charge in [0.1, 0.15) is 10.7 Å². The highest BCUT2D eigenvalue weighted by Gasteiger charge is 2.17. The molecule has 1 aromatic heterocycles. The van der Waals surface area contributed by atoms with Crippen molar-refractivity contribution in [3.8, 4) is 0 Å². The molecule has 0 aliphatic carbocycles. The summed E-state index contributed by atoms with van der Waals surface area (Å²) in [7, 11) is -3.77. The lowest BCUT2D eigenvalue weighted by Crippen LogP contribution is -2.25. The fraction of sp³-hybridized carbons (Fsp3) is 0.308. The molecule has 20 heavy (non-hydrogen) atoms. The topological polar surface area (TPSA) is 64.0 Å². The van der Waals surface area contributed by atoms with Gasteiger partial charge in [0, 0.05) is 25.5 Å². The van der Waals surface area contributed by atoms with Gasteiger partial charge in [-0.2, -0.15) is 0 Å². The number of unbranched alkanes of at least 4 members (excludes halogenated alkanes) is 1. The summed E-state index contributed by atoms with van der Waals surface area (Å²) in [5, 5.41) is 0. The average molecular weight is 297 g/mol. The molecule has 0 aliphatic rings. The third-order valence-electron chi connectivity index (χ3n) is 2.82. The lowest BCUT2D eigenvalue weighted by molar-refractivity contribution is 0.549. The number of imidazole rings is 1. The van der Waals surface area contributed by atoms with E-state index in [2.05, 4.69) is 9.71 Å². The van der Waals surface area contributed by atoms with Gasteiger partial charge in [0.25, 0.3) is 0 Å². The van der Waals surface area contributed by atoms with Gasteiger partial charge in [-0.25, -0.2) is 22.5 Å². The van der Waals surface area contributed by atoms with Gasteiger partial charge >= 0.3 is 0 Å². The van der Waals surface area contributed by atoms with Crippen LogP contribution in [0.2, 0.25) is 0 Å². The summed E-state index contributed by atoms with van der Waals surface area (Å²) in [5.41, 5.74) is 0. The van der Waals surface area contributed by atoms with Crippen LogP contribution in [0, 0.1) is 5.82 Å². The molecule has 0 radical (unpaired) electrons. The van der Waals surface area contributed by atoms with Crippen molar-refractivity contribution >= 4 is 10.0 Å². The zero-order valence-corrected chi connectivity index (χ0v) is 11.7. The van der Waals surface area contributed by atoms with Crippen LogP contribution < -0.4 is 4.72 Å². The number of aryl methyl sites for hydroxylation is 1. The molecular formula is C13H16FN3O2S. The normalized spacial score (nSPS) is 11.7. The lowest BCUT2D eigenvalue weighted by atomic mass is 10.3. The predicted octanol–water partition coefficient (Wildman–Crippen LogP) is 1.78. The first kappa shape index (κ1) is 14.7. The van der Waals surface area contributed by atoms with Gasteiger partial charge < -0.3 is 4.57 Å². The number of sulfonamides is 1. The molecule has 0 spiro atoms. The molecule has 0 unspecified atom stereocenters. The van der Waals surface area contributed by atoms with E-state index < -0.39 is 15.8 Å². The van der Waals surface area contributed by atoms with Crippen molar-refractivity contribution < 1.29 is 12.8 Å². The fourth-order valence-electron chi connectivity index (χ4n) is 1.79. The van der Waals surface area contributed by atoms with Crippen LogP contribution >= 0.6 is 0 Å². The molecule has 108 valence electrons. The summed E-state index contributed by atoms with van der Waals surface area (Å²) < 4.78 is 41.5. The minimum atomic E-state index is -3.77. The smallest absolute Gasteiger partial charge is 0.243 e. The highest BCUT2D eigenvalue weighted by Crippen LogP contribution is 2.12. The molecule has 0 atom stereocenters. The molecular weight excluding hydrogens is 281 g/mol. The summed E-state index contributed by atoms with van der Waals surface area (Å²) in [6.45, 7) is 1.06. The van der Waals surface area contributed by atoms with E-state index in [4.69, 9.17) is 0 Å². The van der Waals surface area contributed by atoms with Crippen LogP contribution in [-0.4, -0.2) is 24.5 Å². The van der Waals surface area contributed by atoms with Crippen LogP contribution in [0.15, 0.2) is 47.9 Å². The third kappa shape index (κ3) is 3.88. The van der Waals surface area contributed by atoms with E-state index in [1.54, 1.807) is 12.5 Å². The molecule has 0 aliphatic heterocycles. The average Bonchev–Trinajstić information content (AvgIpc) is 2.91. The van der Waals surface area contributed by atoms with Gasteiger partial charge in [-0.1, -0.05) is 12.1 Å². The van der Waals surface area contributed by atoms with E-state index in [1.165, 1.54) is 18.2 Å². The molecule has 2 rings (SSSR count). The number of benzene rings is 1. The maximum absolute atomic E-state index is 13.4. The van der Waals surface area contributed by atoms with E-state index in [9.17, 15) is 12.8 Å². The van der Waals surface area contributed by atoms with Crippen LogP contribution in [0.1, 0.15) is 12.8 Å². The molecule has 2 aromatic rings. The quantitative estimate of drug-likeness (QED) is 0.792. The summed E-state index contributed by atoms with van der Waals surface area (Å²) in [4.78, 5) is 3.61. The molecule has 0 saturated heterocycles. The second-order valence-electron chi connectivity index (χ2n) is 4.34. The summed E-state index contributed by atoms with van der Waals surface area (Å²) in [6, 6.07) is 5.34. The second-order valence-corrected chi connectivity index (χ2v) is 6.07. The molecule has 1 heterocycles. The van der Waals surface area contributed by atoms with Crippen molar-refractivity contribution in [3.63, 3.8) is 0 Å². The van der Waals surface area contributed by atoms with E-state index in [-0.39, 0.29) is 11.4 Å². The number of nitrogens with zero attached hydrogens (tertiary/aromatic N) is 2. The largest absolute Gasteiger partial charge is 0.337 e. The van der Waals surface area contributed by atoms with Crippen molar-refractivity contribution in [3.05, 3.63) is 48.8 Å². The first-order valence-corrected chi connectivity index (χ1v) is 7.78. The fourth-order valence-corrected chi connectivity index (χ4v) is 2.94. The van der Waals surface area contributed by atoms with E-state index in [0.29, 0.717) is 6.42 Å². The predicted molar refractivity (Wildman–Crippen MR) is 73.0 cm³/mol. The Morgan fingerprint density at radius 1 is 1.25 bits per heavy atom. The Morgan fingerprint density at radius 2 is 2.05 bits per heavy atom. The summed E-state index contributed by atoms with van der Waals surface area (Å²) in [6.07, 6.45) is 6.75. The maximum Gasteiger partial charge on any atom is 0.243 e. The molecule has 1 aromatic carbocycles. The van der Waals surface area contributed by atoms with Crippen molar-refractivity contribution in [1.29, 1.82) is 0 Å². The third-order valence-corrected chi connectivity index (χ3v) is 4.31. The molecule has 5 nitrogen and oxygen atoms in total. The van der Waals surface area contributed by atoms with Crippen molar-refractivity contribution in [2.75, 3.05) is 6.54 Å². The van der Waals surface area contributed by atoms with Gasteiger partial charge in [-0.15, -0.1) is 0 Å². The maximum atomic E-state index is 13.4. The number of hydrogen-bond acceptors (Lipinski definition) is 3. The molecule has 0 amide bonds. The molecule has 0 fully saturated rings. The van der Waals surface area contributed by atoms with Crippen LogP contribution in [0.5, 0.6) is 0 Å². The Bertz CT molecular complexity index is 641. The number of aromatic nitrogens is 2. The van der Waals surface area contributed by atoms with E-state index in [0.717, 1.165) is 19.0 Å². The number of nitrogens with one attached hydrogen (secondary N) is 1. The number of halogens is 1. The Kier molecular flexibility index (Phi) is 4.86. The monoisotopic (exact) mass is 297 g/mol.